The summed E-state index contributed by atoms with van der Waals surface area (Å²) < 4.78 is 28.7. The molecule has 0 spiro atoms. The van der Waals surface area contributed by atoms with Gasteiger partial charge in [-0.2, -0.15) is 4.31 Å². The molecule has 194 valence electrons. The van der Waals surface area contributed by atoms with Gasteiger partial charge in [0.1, 0.15) is 0 Å². The number of sulfonamides is 1. The Morgan fingerprint density at radius 1 is 1.03 bits per heavy atom. The highest BCUT2D eigenvalue weighted by Gasteiger charge is 2.25. The molecule has 0 aliphatic carbocycles. The van der Waals surface area contributed by atoms with Crippen molar-refractivity contribution in [2.45, 2.75) is 52.0 Å². The zero-order valence-electron chi connectivity index (χ0n) is 21.6. The standard InChI is InChI=1S/C28H32N4O3S2/c1-5-7-17-31(6-2)37(34,35)24-13-11-23(12-14-24)27(33)32(19-22-9-8-16-29-18-22)28-30-26-21(4)20(3)10-15-25(26)36-28/h8-16,18H,5-7,17,19H2,1-4H3. The van der Waals surface area contributed by atoms with Crippen molar-refractivity contribution in [3.8, 4) is 0 Å². The van der Waals surface area contributed by atoms with Crippen LogP contribution >= 0.6 is 11.3 Å². The fourth-order valence-corrected chi connectivity index (χ4v) is 6.60. The van der Waals surface area contributed by atoms with Crippen LogP contribution in [0.2, 0.25) is 0 Å². The largest absolute Gasteiger partial charge is 0.279 e. The van der Waals surface area contributed by atoms with Crippen molar-refractivity contribution in [3.63, 3.8) is 0 Å². The average Bonchev–Trinajstić information content (AvgIpc) is 3.35. The fraction of sp³-hybridized carbons (Fsp3) is 0.321. The minimum atomic E-state index is -3.62. The fourth-order valence-electron chi connectivity index (χ4n) is 4.09. The number of carbonyl (C=O) groups is 1. The normalized spacial score (nSPS) is 11.8. The van der Waals surface area contributed by atoms with E-state index >= 15 is 0 Å². The number of aryl methyl sites for hydroxylation is 2. The number of carbonyl (C=O) groups excluding carboxylic acids is 1. The molecule has 2 aromatic heterocycles. The van der Waals surface area contributed by atoms with Crippen LogP contribution in [0.4, 0.5) is 5.13 Å². The second kappa shape index (κ2) is 11.5. The van der Waals surface area contributed by atoms with E-state index in [4.69, 9.17) is 4.98 Å². The van der Waals surface area contributed by atoms with E-state index in [0.717, 1.165) is 39.7 Å². The summed E-state index contributed by atoms with van der Waals surface area (Å²) in [6, 6.07) is 14.1. The molecule has 0 saturated carbocycles. The van der Waals surface area contributed by atoms with Gasteiger partial charge in [-0.1, -0.05) is 43.7 Å². The van der Waals surface area contributed by atoms with Crippen molar-refractivity contribution in [1.29, 1.82) is 0 Å². The van der Waals surface area contributed by atoms with Gasteiger partial charge < -0.3 is 0 Å². The zero-order valence-corrected chi connectivity index (χ0v) is 23.3. The first-order valence-electron chi connectivity index (χ1n) is 12.4. The van der Waals surface area contributed by atoms with Gasteiger partial charge in [0.2, 0.25) is 10.0 Å². The van der Waals surface area contributed by atoms with Crippen LogP contribution in [0.15, 0.2) is 65.8 Å². The third kappa shape index (κ3) is 5.74. The Morgan fingerprint density at radius 3 is 2.43 bits per heavy atom. The molecule has 0 aliphatic rings. The number of unbranched alkanes of at least 4 members (excludes halogenated alkanes) is 1. The summed E-state index contributed by atoms with van der Waals surface area (Å²) >= 11 is 1.46. The van der Waals surface area contributed by atoms with Gasteiger partial charge in [-0.3, -0.25) is 14.7 Å². The summed E-state index contributed by atoms with van der Waals surface area (Å²) in [5.41, 5.74) is 4.39. The monoisotopic (exact) mass is 536 g/mol. The number of hydrogen-bond donors (Lipinski definition) is 0. The van der Waals surface area contributed by atoms with Crippen LogP contribution in [0.3, 0.4) is 0 Å². The highest BCUT2D eigenvalue weighted by Crippen LogP contribution is 2.33. The summed E-state index contributed by atoms with van der Waals surface area (Å²) in [6.07, 6.45) is 5.14. The molecule has 7 nitrogen and oxygen atoms in total. The third-order valence-corrected chi connectivity index (χ3v) is 9.50. The first-order chi connectivity index (χ1) is 17.8. The molecule has 37 heavy (non-hydrogen) atoms. The molecule has 0 radical (unpaired) electrons. The van der Waals surface area contributed by atoms with Gasteiger partial charge in [0.05, 0.1) is 21.7 Å². The maximum Gasteiger partial charge on any atom is 0.260 e. The van der Waals surface area contributed by atoms with Crippen molar-refractivity contribution >= 4 is 42.6 Å². The van der Waals surface area contributed by atoms with Crippen molar-refractivity contribution in [1.82, 2.24) is 14.3 Å². The smallest absolute Gasteiger partial charge is 0.260 e. The minimum absolute atomic E-state index is 0.187. The molecule has 0 unspecified atom stereocenters. The van der Waals surface area contributed by atoms with Crippen LogP contribution in [0.5, 0.6) is 0 Å². The lowest BCUT2D eigenvalue weighted by molar-refractivity contribution is 0.0985. The Labute approximate surface area is 222 Å². The average molecular weight is 537 g/mol. The number of hydrogen-bond acceptors (Lipinski definition) is 6. The molecule has 9 heteroatoms. The maximum absolute atomic E-state index is 13.8. The molecule has 2 aromatic carbocycles. The summed E-state index contributed by atoms with van der Waals surface area (Å²) in [7, 11) is -3.62. The maximum atomic E-state index is 13.8. The predicted molar refractivity (Wildman–Crippen MR) is 150 cm³/mol. The number of amides is 1. The van der Waals surface area contributed by atoms with E-state index in [2.05, 4.69) is 11.1 Å². The molecule has 0 fully saturated rings. The second-order valence-electron chi connectivity index (χ2n) is 8.98. The molecule has 0 saturated heterocycles. The number of nitrogens with zero attached hydrogens (tertiary/aromatic N) is 4. The van der Waals surface area contributed by atoms with Crippen molar-refractivity contribution < 1.29 is 13.2 Å². The van der Waals surface area contributed by atoms with E-state index in [-0.39, 0.29) is 10.8 Å². The number of fused-ring (bicyclic) bond motifs is 1. The molecule has 4 rings (SSSR count). The van der Waals surface area contributed by atoms with E-state index in [1.54, 1.807) is 29.4 Å². The Hall–Kier alpha value is -3.14. The quantitative estimate of drug-likeness (QED) is 0.249. The summed E-state index contributed by atoms with van der Waals surface area (Å²) in [4.78, 5) is 24.6. The highest BCUT2D eigenvalue weighted by molar-refractivity contribution is 7.89. The highest BCUT2D eigenvalue weighted by atomic mass is 32.2. The van der Waals surface area contributed by atoms with E-state index in [1.165, 1.54) is 27.8 Å². The summed E-state index contributed by atoms with van der Waals surface area (Å²) in [5, 5.41) is 0.589. The molecule has 2 heterocycles. The van der Waals surface area contributed by atoms with Gasteiger partial charge >= 0.3 is 0 Å². The van der Waals surface area contributed by atoms with Crippen LogP contribution in [0, 0.1) is 13.8 Å². The number of pyridine rings is 1. The number of aromatic nitrogens is 2. The van der Waals surface area contributed by atoms with E-state index in [0.29, 0.717) is 30.3 Å². The van der Waals surface area contributed by atoms with Gasteiger partial charge in [0.25, 0.3) is 5.91 Å². The summed E-state index contributed by atoms with van der Waals surface area (Å²) in [6.45, 7) is 9.13. The van der Waals surface area contributed by atoms with Crippen molar-refractivity contribution in [3.05, 3.63) is 83.2 Å². The van der Waals surface area contributed by atoms with Crippen LogP contribution in [0.25, 0.3) is 10.2 Å². The number of benzene rings is 2. The Kier molecular flexibility index (Phi) is 8.36. The van der Waals surface area contributed by atoms with Crippen LogP contribution in [0.1, 0.15) is 53.7 Å². The lowest BCUT2D eigenvalue weighted by Crippen LogP contribution is -2.32. The number of anilines is 1. The van der Waals surface area contributed by atoms with Crippen molar-refractivity contribution in [2.24, 2.45) is 0 Å². The predicted octanol–water partition coefficient (Wildman–Crippen LogP) is 5.97. The van der Waals surface area contributed by atoms with Crippen LogP contribution < -0.4 is 4.90 Å². The summed E-state index contributed by atoms with van der Waals surface area (Å²) in [5.74, 6) is -0.250. The lowest BCUT2D eigenvalue weighted by Gasteiger charge is -2.21. The van der Waals surface area contributed by atoms with Crippen LogP contribution in [-0.2, 0) is 16.6 Å². The third-order valence-electron chi connectivity index (χ3n) is 6.47. The number of rotatable bonds is 10. The Morgan fingerprint density at radius 2 is 1.78 bits per heavy atom. The second-order valence-corrected chi connectivity index (χ2v) is 11.9. The first-order valence-corrected chi connectivity index (χ1v) is 14.7. The lowest BCUT2D eigenvalue weighted by atomic mass is 10.1. The van der Waals surface area contributed by atoms with Gasteiger partial charge in [-0.25, -0.2) is 13.4 Å². The molecule has 0 N–H and O–H groups in total. The van der Waals surface area contributed by atoms with Gasteiger partial charge in [-0.15, -0.1) is 0 Å². The van der Waals surface area contributed by atoms with E-state index in [1.807, 2.05) is 45.9 Å². The SMILES string of the molecule is CCCCN(CC)S(=O)(=O)c1ccc(C(=O)N(Cc2cccnc2)c2nc3c(C)c(C)ccc3s2)cc1. The first kappa shape index (κ1) is 26.9. The van der Waals surface area contributed by atoms with Gasteiger partial charge in [0.15, 0.2) is 5.13 Å². The molecule has 0 atom stereocenters. The Bertz CT molecular complexity index is 1480. The molecular formula is C28H32N4O3S2. The Balaban J connectivity index is 1.69. The molecule has 0 aliphatic heterocycles. The topological polar surface area (TPSA) is 83.5 Å². The molecular weight excluding hydrogens is 504 g/mol. The molecule has 0 bridgehead atoms. The number of thiazole rings is 1. The van der Waals surface area contributed by atoms with Crippen molar-refractivity contribution in [2.75, 3.05) is 18.0 Å². The zero-order chi connectivity index (χ0) is 26.6. The van der Waals surface area contributed by atoms with E-state index in [9.17, 15) is 13.2 Å². The molecule has 1 amide bonds. The van der Waals surface area contributed by atoms with Gasteiger partial charge in [0, 0.05) is 31.0 Å². The molecule has 4 aromatic rings. The van der Waals surface area contributed by atoms with Crippen LogP contribution in [-0.4, -0.2) is 41.7 Å². The van der Waals surface area contributed by atoms with Gasteiger partial charge in [-0.05, 0) is 73.4 Å². The minimum Gasteiger partial charge on any atom is -0.279 e. The van der Waals surface area contributed by atoms with E-state index < -0.39 is 10.0 Å².